The van der Waals surface area contributed by atoms with E-state index in [4.69, 9.17) is 10.5 Å². The van der Waals surface area contributed by atoms with Crippen LogP contribution in [0.2, 0.25) is 0 Å². The zero-order valence-corrected chi connectivity index (χ0v) is 10.2. The Morgan fingerprint density at radius 2 is 2.15 bits per heavy atom. The molecule has 0 aliphatic rings. The average Bonchev–Trinajstić information content (AvgIpc) is 3.02. The maximum atomic E-state index is 11.5. The molecule has 1 N–H and O–H groups in total. The topological polar surface area (TPSA) is 128 Å². The molecule has 0 saturated carbocycles. The molecule has 3 aromatic rings. The van der Waals surface area contributed by atoms with E-state index in [1.807, 2.05) is 12.1 Å². The summed E-state index contributed by atoms with van der Waals surface area (Å²) in [5.74, 6) is 0.770. The SMILES string of the molecule is Cc1nc(-n2cnc(C#N)c2C#N)cc2n[nH]c(=O)n12. The van der Waals surface area contributed by atoms with Crippen LogP contribution in [0.1, 0.15) is 17.2 Å². The second-order valence-electron chi connectivity index (χ2n) is 3.92. The molecule has 9 nitrogen and oxygen atoms in total. The minimum absolute atomic E-state index is 0.0197. The highest BCUT2D eigenvalue weighted by molar-refractivity contribution is 5.48. The highest BCUT2D eigenvalue weighted by atomic mass is 16.1. The molecular weight excluding hydrogens is 260 g/mol. The molecule has 9 heteroatoms. The van der Waals surface area contributed by atoms with Crippen LogP contribution < -0.4 is 5.69 Å². The largest absolute Gasteiger partial charge is 0.349 e. The van der Waals surface area contributed by atoms with Gasteiger partial charge in [-0.1, -0.05) is 0 Å². The molecule has 3 heterocycles. The number of hydrogen-bond acceptors (Lipinski definition) is 6. The van der Waals surface area contributed by atoms with Crippen LogP contribution in [-0.4, -0.2) is 29.1 Å². The predicted octanol–water partition coefficient (Wildman–Crippen LogP) is -0.345. The van der Waals surface area contributed by atoms with Gasteiger partial charge in [0.05, 0.1) is 0 Å². The third kappa shape index (κ3) is 1.47. The Balaban J connectivity index is 2.32. The van der Waals surface area contributed by atoms with Crippen molar-refractivity contribution in [2.45, 2.75) is 6.92 Å². The van der Waals surface area contributed by atoms with Gasteiger partial charge in [-0.15, -0.1) is 0 Å². The highest BCUT2D eigenvalue weighted by Gasteiger charge is 2.14. The first-order chi connectivity index (χ1) is 9.65. The number of aryl methyl sites for hydroxylation is 1. The molecule has 0 fully saturated rings. The van der Waals surface area contributed by atoms with Gasteiger partial charge in [-0.3, -0.25) is 4.57 Å². The fourth-order valence-corrected chi connectivity index (χ4v) is 1.92. The van der Waals surface area contributed by atoms with E-state index in [-0.39, 0.29) is 17.1 Å². The van der Waals surface area contributed by atoms with Crippen LogP contribution in [-0.2, 0) is 0 Å². The predicted molar refractivity (Wildman–Crippen MR) is 64.9 cm³/mol. The number of H-pyrrole nitrogens is 1. The second kappa shape index (κ2) is 4.03. The Kier molecular flexibility index (Phi) is 2.34. The van der Waals surface area contributed by atoms with Crippen molar-refractivity contribution in [3.05, 3.63) is 40.1 Å². The lowest BCUT2D eigenvalue weighted by atomic mass is 10.3. The van der Waals surface area contributed by atoms with Gasteiger partial charge >= 0.3 is 5.69 Å². The van der Waals surface area contributed by atoms with Gasteiger partial charge in [-0.25, -0.2) is 24.3 Å². The van der Waals surface area contributed by atoms with Crippen LogP contribution in [0.5, 0.6) is 0 Å². The number of nitriles is 2. The number of hydrogen-bond donors (Lipinski definition) is 1. The Bertz CT molecular complexity index is 961. The van der Waals surface area contributed by atoms with E-state index in [0.717, 1.165) is 0 Å². The molecule has 20 heavy (non-hydrogen) atoms. The number of imidazole rings is 1. The van der Waals surface area contributed by atoms with Gasteiger partial charge in [0.25, 0.3) is 0 Å². The van der Waals surface area contributed by atoms with E-state index in [1.165, 1.54) is 21.4 Å². The van der Waals surface area contributed by atoms with Crippen LogP contribution >= 0.6 is 0 Å². The highest BCUT2D eigenvalue weighted by Crippen LogP contribution is 2.13. The van der Waals surface area contributed by atoms with Crippen molar-refractivity contribution >= 4 is 5.65 Å². The van der Waals surface area contributed by atoms with Crippen LogP contribution in [0.3, 0.4) is 0 Å². The van der Waals surface area contributed by atoms with Crippen LogP contribution in [0.25, 0.3) is 11.5 Å². The molecule has 0 aliphatic carbocycles. The third-order valence-corrected chi connectivity index (χ3v) is 2.78. The molecule has 0 atom stereocenters. The molecule has 0 aromatic carbocycles. The van der Waals surface area contributed by atoms with Crippen LogP contribution in [0.15, 0.2) is 17.2 Å². The smallest absolute Gasteiger partial charge is 0.273 e. The van der Waals surface area contributed by atoms with E-state index in [1.54, 1.807) is 6.92 Å². The summed E-state index contributed by atoms with van der Waals surface area (Å²) >= 11 is 0. The number of rotatable bonds is 1. The van der Waals surface area contributed by atoms with Crippen molar-refractivity contribution < 1.29 is 0 Å². The maximum absolute atomic E-state index is 11.5. The molecule has 3 aromatic heterocycles. The minimum Gasteiger partial charge on any atom is -0.273 e. The molecular formula is C11H6N8O. The lowest BCUT2D eigenvalue weighted by molar-refractivity contribution is 0.888. The number of nitrogens with one attached hydrogen (secondary N) is 1. The van der Waals surface area contributed by atoms with E-state index >= 15 is 0 Å². The van der Waals surface area contributed by atoms with Crippen LogP contribution in [0.4, 0.5) is 0 Å². The summed E-state index contributed by atoms with van der Waals surface area (Å²) in [5.41, 5.74) is 0.0851. The van der Waals surface area contributed by atoms with Crippen LogP contribution in [0, 0.1) is 29.6 Å². The first-order valence-electron chi connectivity index (χ1n) is 5.48. The summed E-state index contributed by atoms with van der Waals surface area (Å²) < 4.78 is 2.68. The van der Waals surface area contributed by atoms with Crippen molar-refractivity contribution in [1.82, 2.24) is 29.1 Å². The van der Waals surface area contributed by atoms with E-state index in [9.17, 15) is 4.79 Å². The molecule has 0 radical (unpaired) electrons. The monoisotopic (exact) mass is 266 g/mol. The van der Waals surface area contributed by atoms with Gasteiger partial charge in [0.15, 0.2) is 17.0 Å². The van der Waals surface area contributed by atoms with Gasteiger partial charge < -0.3 is 0 Å². The summed E-state index contributed by atoms with van der Waals surface area (Å²) in [6.07, 6.45) is 1.33. The molecule has 0 amide bonds. The second-order valence-corrected chi connectivity index (χ2v) is 3.92. The lowest BCUT2D eigenvalue weighted by Gasteiger charge is -2.04. The van der Waals surface area contributed by atoms with Gasteiger partial charge in [0.2, 0.25) is 0 Å². The van der Waals surface area contributed by atoms with Gasteiger partial charge in [-0.2, -0.15) is 15.6 Å². The van der Waals surface area contributed by atoms with Gasteiger partial charge in [0.1, 0.15) is 30.1 Å². The molecule has 0 bridgehead atoms. The first kappa shape index (κ1) is 11.6. The number of aromatic amines is 1. The first-order valence-corrected chi connectivity index (χ1v) is 5.48. The Hall–Kier alpha value is -3.46. The fourth-order valence-electron chi connectivity index (χ4n) is 1.92. The molecule has 0 aliphatic heterocycles. The number of aromatic nitrogens is 6. The summed E-state index contributed by atoms with van der Waals surface area (Å²) in [4.78, 5) is 19.6. The summed E-state index contributed by atoms with van der Waals surface area (Å²) in [7, 11) is 0. The standard InChI is InChI=1S/C11H6N8O/c1-6-15-9(2-10-16-17-11(20)19(6)10)18-5-14-7(3-12)8(18)4-13/h2,5H,1H3,(H,17,20). The van der Waals surface area contributed by atoms with Gasteiger partial charge in [0, 0.05) is 6.07 Å². The quantitative estimate of drug-likeness (QED) is 0.641. The Morgan fingerprint density at radius 1 is 1.35 bits per heavy atom. The number of fused-ring (bicyclic) bond motifs is 1. The van der Waals surface area contributed by atoms with Crippen molar-refractivity contribution in [1.29, 1.82) is 10.5 Å². The third-order valence-electron chi connectivity index (χ3n) is 2.78. The van der Waals surface area contributed by atoms with E-state index < -0.39 is 0 Å². The zero-order chi connectivity index (χ0) is 14.3. The van der Waals surface area contributed by atoms with E-state index in [2.05, 4.69) is 20.2 Å². The summed E-state index contributed by atoms with van der Waals surface area (Å²) in [6, 6.07) is 5.26. The molecule has 0 spiro atoms. The normalized spacial score (nSPS) is 10.3. The fraction of sp³-hybridized carbons (Fsp3) is 0.0909. The molecule has 0 unspecified atom stereocenters. The zero-order valence-electron chi connectivity index (χ0n) is 10.2. The summed E-state index contributed by atoms with van der Waals surface area (Å²) in [5, 5.41) is 24.1. The Morgan fingerprint density at radius 3 is 2.85 bits per heavy atom. The van der Waals surface area contributed by atoms with Crippen molar-refractivity contribution in [3.8, 4) is 18.0 Å². The molecule has 0 saturated heterocycles. The van der Waals surface area contributed by atoms with Crippen molar-refractivity contribution in [3.63, 3.8) is 0 Å². The minimum atomic E-state index is -0.389. The maximum Gasteiger partial charge on any atom is 0.349 e. The molecule has 3 rings (SSSR count). The molecule has 96 valence electrons. The lowest BCUT2D eigenvalue weighted by Crippen LogP contribution is -2.14. The van der Waals surface area contributed by atoms with Gasteiger partial charge in [-0.05, 0) is 6.92 Å². The average molecular weight is 266 g/mol. The van der Waals surface area contributed by atoms with Crippen molar-refractivity contribution in [2.75, 3.05) is 0 Å². The van der Waals surface area contributed by atoms with Crippen molar-refractivity contribution in [2.24, 2.45) is 0 Å². The number of nitrogens with zero attached hydrogens (tertiary/aromatic N) is 7. The van der Waals surface area contributed by atoms with E-state index in [0.29, 0.717) is 17.3 Å². The summed E-state index contributed by atoms with van der Waals surface area (Å²) in [6.45, 7) is 1.64. The Labute approximate surface area is 111 Å².